The average Bonchev–Trinajstić information content (AvgIpc) is 3.26. The molecular weight excluding hydrogens is 380 g/mol. The van der Waals surface area contributed by atoms with E-state index in [1.165, 1.54) is 11.8 Å². The van der Waals surface area contributed by atoms with Crippen molar-refractivity contribution in [3.63, 3.8) is 0 Å². The lowest BCUT2D eigenvalue weighted by Gasteiger charge is -2.20. The Balaban J connectivity index is 1.94. The first kappa shape index (κ1) is 18.2. The van der Waals surface area contributed by atoms with Crippen molar-refractivity contribution in [2.45, 2.75) is 26.7 Å². The van der Waals surface area contributed by atoms with Crippen molar-refractivity contribution in [3.8, 4) is 0 Å². The number of amides is 1. The van der Waals surface area contributed by atoms with Crippen molar-refractivity contribution in [1.29, 1.82) is 0 Å². The van der Waals surface area contributed by atoms with E-state index in [0.29, 0.717) is 32.8 Å². The molecule has 0 radical (unpaired) electrons. The summed E-state index contributed by atoms with van der Waals surface area (Å²) in [5, 5.41) is 0. The van der Waals surface area contributed by atoms with Gasteiger partial charge >= 0.3 is 0 Å². The molecule has 0 N–H and O–H groups in total. The van der Waals surface area contributed by atoms with Crippen molar-refractivity contribution in [3.05, 3.63) is 44.7 Å². The van der Waals surface area contributed by atoms with E-state index in [0.717, 1.165) is 31.5 Å². The Morgan fingerprint density at radius 2 is 2.04 bits per heavy atom. The van der Waals surface area contributed by atoms with Gasteiger partial charge in [-0.3, -0.25) is 18.9 Å². The molecule has 2 aromatic heterocycles. The van der Waals surface area contributed by atoms with Gasteiger partial charge in [-0.05, 0) is 44.4 Å². The third-order valence-electron chi connectivity index (χ3n) is 4.94. The number of thiocarbonyl (C=S) groups is 1. The van der Waals surface area contributed by atoms with Gasteiger partial charge < -0.3 is 4.90 Å². The van der Waals surface area contributed by atoms with Gasteiger partial charge in [0, 0.05) is 25.8 Å². The topological polar surface area (TPSA) is 57.9 Å². The molecule has 8 heteroatoms. The van der Waals surface area contributed by atoms with Crippen LogP contribution in [0.25, 0.3) is 11.7 Å². The van der Waals surface area contributed by atoms with Crippen LogP contribution in [0.5, 0.6) is 0 Å². The summed E-state index contributed by atoms with van der Waals surface area (Å²) in [7, 11) is 0. The van der Waals surface area contributed by atoms with Crippen LogP contribution in [0.3, 0.4) is 0 Å². The maximum atomic E-state index is 13.3. The fourth-order valence-corrected chi connectivity index (χ4v) is 4.87. The second kappa shape index (κ2) is 7.09. The van der Waals surface area contributed by atoms with Crippen molar-refractivity contribution >= 4 is 51.7 Å². The third-order valence-corrected chi connectivity index (χ3v) is 6.31. The average molecular weight is 401 g/mol. The van der Waals surface area contributed by atoms with Gasteiger partial charge in [0.1, 0.15) is 15.8 Å². The summed E-state index contributed by atoms with van der Waals surface area (Å²) < 4.78 is 2.09. The van der Waals surface area contributed by atoms with Gasteiger partial charge in [-0.15, -0.1) is 0 Å². The van der Waals surface area contributed by atoms with Crippen LogP contribution in [0.4, 0.5) is 5.82 Å². The number of aryl methyl sites for hydroxylation is 1. The van der Waals surface area contributed by atoms with Crippen molar-refractivity contribution in [2.75, 3.05) is 24.5 Å². The Hall–Kier alpha value is -2.19. The Morgan fingerprint density at radius 3 is 2.70 bits per heavy atom. The molecule has 0 aliphatic carbocycles. The number of aromatic nitrogens is 2. The quantitative estimate of drug-likeness (QED) is 0.583. The molecule has 2 aromatic rings. The Labute approximate surface area is 166 Å². The van der Waals surface area contributed by atoms with Gasteiger partial charge in [0.2, 0.25) is 0 Å². The molecule has 27 heavy (non-hydrogen) atoms. The molecule has 140 valence electrons. The van der Waals surface area contributed by atoms with Gasteiger partial charge in [0.25, 0.3) is 11.5 Å². The van der Waals surface area contributed by atoms with E-state index in [2.05, 4.69) is 4.90 Å². The molecule has 2 saturated heterocycles. The van der Waals surface area contributed by atoms with E-state index in [1.54, 1.807) is 21.6 Å². The van der Waals surface area contributed by atoms with E-state index < -0.39 is 0 Å². The lowest BCUT2D eigenvalue weighted by molar-refractivity contribution is -0.121. The number of nitrogens with zero attached hydrogens (tertiary/aromatic N) is 4. The zero-order valence-electron chi connectivity index (χ0n) is 15.3. The minimum Gasteiger partial charge on any atom is -0.356 e. The van der Waals surface area contributed by atoms with E-state index in [-0.39, 0.29) is 11.5 Å². The Morgan fingerprint density at radius 1 is 1.30 bits per heavy atom. The summed E-state index contributed by atoms with van der Waals surface area (Å²) in [5.41, 5.74) is 1.89. The van der Waals surface area contributed by atoms with E-state index in [1.807, 2.05) is 26.0 Å². The molecule has 0 saturated carbocycles. The van der Waals surface area contributed by atoms with E-state index in [9.17, 15) is 9.59 Å². The summed E-state index contributed by atoms with van der Waals surface area (Å²) in [5.74, 6) is 0.516. The van der Waals surface area contributed by atoms with Crippen molar-refractivity contribution < 1.29 is 4.79 Å². The third kappa shape index (κ3) is 3.06. The molecule has 4 heterocycles. The standard InChI is InChI=1S/C19H20N4O2S2/c1-3-22-18(25)14(27-19(22)26)11-13-16(21-8-4-5-9-21)20-15-12(2)7-6-10-23(15)17(13)24/h6-7,10-11H,3-5,8-9H2,1-2H3/b14-11-. The highest BCUT2D eigenvalue weighted by atomic mass is 32.2. The maximum Gasteiger partial charge on any atom is 0.267 e. The highest BCUT2D eigenvalue weighted by Gasteiger charge is 2.32. The molecule has 6 nitrogen and oxygen atoms in total. The normalized spacial score (nSPS) is 19.1. The number of rotatable bonds is 3. The molecule has 2 fully saturated rings. The molecule has 2 aliphatic heterocycles. The minimum absolute atomic E-state index is 0.145. The van der Waals surface area contributed by atoms with Crippen LogP contribution >= 0.6 is 24.0 Å². The second-order valence-corrected chi connectivity index (χ2v) is 8.33. The number of pyridine rings is 1. The molecule has 0 spiro atoms. The highest BCUT2D eigenvalue weighted by Crippen LogP contribution is 2.33. The summed E-state index contributed by atoms with van der Waals surface area (Å²) in [6.45, 7) is 6.09. The minimum atomic E-state index is -0.160. The molecule has 4 rings (SSSR count). The summed E-state index contributed by atoms with van der Waals surface area (Å²) in [6, 6.07) is 3.78. The SMILES string of the molecule is CCN1C(=O)/C(=C/c2c(N3CCCC3)nc3c(C)cccn3c2=O)SC1=S. The number of hydrogen-bond acceptors (Lipinski definition) is 6. The molecule has 0 aromatic carbocycles. The van der Waals surface area contributed by atoms with Crippen LogP contribution in [0.15, 0.2) is 28.0 Å². The predicted molar refractivity (Wildman–Crippen MR) is 113 cm³/mol. The summed E-state index contributed by atoms with van der Waals surface area (Å²) in [6.07, 6.45) is 5.55. The second-order valence-electron chi connectivity index (χ2n) is 6.66. The van der Waals surface area contributed by atoms with Crippen LogP contribution in [0.2, 0.25) is 0 Å². The molecule has 0 bridgehead atoms. The molecular formula is C19H20N4O2S2. The fourth-order valence-electron chi connectivity index (χ4n) is 3.50. The number of anilines is 1. The van der Waals surface area contributed by atoms with E-state index in [4.69, 9.17) is 17.2 Å². The summed E-state index contributed by atoms with van der Waals surface area (Å²) in [4.78, 5) is 34.9. The Kier molecular flexibility index (Phi) is 4.77. The number of likely N-dealkylation sites (N-methyl/N-ethyl adjacent to an activating group) is 1. The van der Waals surface area contributed by atoms with Crippen LogP contribution in [-0.4, -0.2) is 44.1 Å². The van der Waals surface area contributed by atoms with Crippen LogP contribution in [0, 0.1) is 6.92 Å². The largest absolute Gasteiger partial charge is 0.356 e. The van der Waals surface area contributed by atoms with Crippen LogP contribution in [-0.2, 0) is 4.79 Å². The summed E-state index contributed by atoms with van der Waals surface area (Å²) >= 11 is 6.54. The van der Waals surface area contributed by atoms with Gasteiger partial charge in [-0.1, -0.05) is 30.0 Å². The first-order chi connectivity index (χ1) is 13.0. The van der Waals surface area contributed by atoms with Crippen molar-refractivity contribution in [2.24, 2.45) is 0 Å². The molecule has 1 amide bonds. The van der Waals surface area contributed by atoms with Crippen LogP contribution < -0.4 is 10.5 Å². The van der Waals surface area contributed by atoms with E-state index >= 15 is 0 Å². The molecule has 0 unspecified atom stereocenters. The van der Waals surface area contributed by atoms with Gasteiger partial charge in [-0.25, -0.2) is 4.98 Å². The zero-order valence-corrected chi connectivity index (χ0v) is 16.9. The first-order valence-corrected chi connectivity index (χ1v) is 10.3. The molecule has 0 atom stereocenters. The van der Waals surface area contributed by atoms with Crippen LogP contribution in [0.1, 0.15) is 30.9 Å². The first-order valence-electron chi connectivity index (χ1n) is 9.03. The van der Waals surface area contributed by atoms with Gasteiger partial charge in [0.05, 0.1) is 10.5 Å². The zero-order chi connectivity index (χ0) is 19.1. The lowest BCUT2D eigenvalue weighted by Crippen LogP contribution is -2.28. The fraction of sp³-hybridized carbons (Fsp3) is 0.368. The number of carbonyl (C=O) groups excluding carboxylic acids is 1. The van der Waals surface area contributed by atoms with Crippen molar-refractivity contribution in [1.82, 2.24) is 14.3 Å². The van der Waals surface area contributed by atoms with Gasteiger partial charge in [0.15, 0.2) is 0 Å². The number of carbonyl (C=O) groups is 1. The number of fused-ring (bicyclic) bond motifs is 1. The highest BCUT2D eigenvalue weighted by molar-refractivity contribution is 8.26. The predicted octanol–water partition coefficient (Wildman–Crippen LogP) is 2.82. The Bertz CT molecular complexity index is 1040. The smallest absolute Gasteiger partial charge is 0.267 e. The van der Waals surface area contributed by atoms with Gasteiger partial charge in [-0.2, -0.15) is 0 Å². The maximum absolute atomic E-state index is 13.3. The number of thioether (sulfide) groups is 1. The number of hydrogen-bond donors (Lipinski definition) is 0. The monoisotopic (exact) mass is 400 g/mol. The lowest BCUT2D eigenvalue weighted by atomic mass is 10.2. The molecule has 2 aliphatic rings.